The van der Waals surface area contributed by atoms with E-state index < -0.39 is 11.8 Å². The summed E-state index contributed by atoms with van der Waals surface area (Å²) >= 11 is 11.5. The van der Waals surface area contributed by atoms with Crippen molar-refractivity contribution < 1.29 is 14.3 Å². The third-order valence-electron chi connectivity index (χ3n) is 5.26. The van der Waals surface area contributed by atoms with Gasteiger partial charge in [0.15, 0.2) is 5.11 Å². The summed E-state index contributed by atoms with van der Waals surface area (Å²) in [5.41, 5.74) is 3.13. The van der Waals surface area contributed by atoms with Crippen LogP contribution in [0, 0.1) is 0 Å². The van der Waals surface area contributed by atoms with Crippen LogP contribution in [0.25, 0.3) is 6.08 Å². The van der Waals surface area contributed by atoms with Gasteiger partial charge in [-0.15, -0.1) is 0 Å². The van der Waals surface area contributed by atoms with Crippen molar-refractivity contribution in [2.75, 3.05) is 4.90 Å². The molecule has 0 aliphatic carbocycles. The van der Waals surface area contributed by atoms with Crippen LogP contribution in [-0.2, 0) is 22.6 Å². The van der Waals surface area contributed by atoms with E-state index in [1.54, 1.807) is 18.2 Å². The van der Waals surface area contributed by atoms with Gasteiger partial charge in [-0.2, -0.15) is 0 Å². The second-order valence-corrected chi connectivity index (χ2v) is 8.19. The van der Waals surface area contributed by atoms with Crippen molar-refractivity contribution in [1.82, 2.24) is 5.32 Å². The maximum Gasteiger partial charge on any atom is 0.270 e. The number of para-hydroxylation sites is 1. The van der Waals surface area contributed by atoms with Gasteiger partial charge in [0, 0.05) is 16.1 Å². The number of carbonyl (C=O) groups excluding carboxylic acids is 2. The zero-order valence-corrected chi connectivity index (χ0v) is 19.5. The van der Waals surface area contributed by atoms with Gasteiger partial charge in [-0.1, -0.05) is 67.1 Å². The fourth-order valence-corrected chi connectivity index (χ4v) is 3.90. The molecule has 33 heavy (non-hydrogen) atoms. The van der Waals surface area contributed by atoms with E-state index in [0.717, 1.165) is 17.5 Å². The molecule has 3 aromatic carbocycles. The summed E-state index contributed by atoms with van der Waals surface area (Å²) in [7, 11) is 0. The van der Waals surface area contributed by atoms with Crippen molar-refractivity contribution in [3.8, 4) is 5.75 Å². The minimum Gasteiger partial charge on any atom is -0.488 e. The molecule has 166 valence electrons. The summed E-state index contributed by atoms with van der Waals surface area (Å²) in [5, 5.41) is 3.27. The number of thiocarbonyl (C=S) groups is 1. The number of nitrogens with one attached hydrogen (secondary N) is 1. The van der Waals surface area contributed by atoms with Crippen LogP contribution in [0.3, 0.4) is 0 Å². The highest BCUT2D eigenvalue weighted by molar-refractivity contribution is 7.80. The average Bonchev–Trinajstić information content (AvgIpc) is 2.82. The van der Waals surface area contributed by atoms with Crippen LogP contribution in [0.15, 0.2) is 78.4 Å². The van der Waals surface area contributed by atoms with Gasteiger partial charge in [0.25, 0.3) is 11.8 Å². The number of nitrogens with zero attached hydrogens (tertiary/aromatic N) is 1. The molecular weight excluding hydrogens is 456 g/mol. The largest absolute Gasteiger partial charge is 0.488 e. The number of anilines is 1. The Labute approximate surface area is 202 Å². The molecular formula is C26H21ClN2O3S. The molecule has 4 rings (SSSR count). The van der Waals surface area contributed by atoms with Crippen LogP contribution in [0.1, 0.15) is 23.6 Å². The van der Waals surface area contributed by atoms with Crippen LogP contribution in [0.4, 0.5) is 5.69 Å². The highest BCUT2D eigenvalue weighted by Crippen LogP contribution is 2.27. The molecule has 1 aliphatic rings. The van der Waals surface area contributed by atoms with Crippen molar-refractivity contribution in [3.63, 3.8) is 0 Å². The van der Waals surface area contributed by atoms with Crippen molar-refractivity contribution in [2.24, 2.45) is 0 Å². The Morgan fingerprint density at radius 1 is 1.00 bits per heavy atom. The highest BCUT2D eigenvalue weighted by Gasteiger charge is 2.34. The lowest BCUT2D eigenvalue weighted by molar-refractivity contribution is -0.122. The molecule has 1 heterocycles. The molecule has 1 aliphatic heterocycles. The zero-order chi connectivity index (χ0) is 23.4. The van der Waals surface area contributed by atoms with E-state index in [1.165, 1.54) is 11.0 Å². The number of rotatable bonds is 6. The van der Waals surface area contributed by atoms with Gasteiger partial charge < -0.3 is 4.74 Å². The first-order valence-corrected chi connectivity index (χ1v) is 11.2. The van der Waals surface area contributed by atoms with Gasteiger partial charge in [-0.05, 0) is 54.5 Å². The summed E-state index contributed by atoms with van der Waals surface area (Å²) < 4.78 is 5.96. The van der Waals surface area contributed by atoms with E-state index >= 15 is 0 Å². The standard InChI is InChI=1S/C26H21ClN2O3S/c1-2-17-11-13-20(14-12-17)29-25(31)21(24(30)28-26(29)33)15-18-7-4-6-10-23(18)32-16-19-8-3-5-9-22(19)27/h3-15H,2,16H2,1H3,(H,28,30,33)/b21-15+. The summed E-state index contributed by atoms with van der Waals surface area (Å²) in [6.07, 6.45) is 2.40. The molecule has 0 spiro atoms. The van der Waals surface area contributed by atoms with Crippen LogP contribution in [0.5, 0.6) is 5.75 Å². The van der Waals surface area contributed by atoms with E-state index in [9.17, 15) is 9.59 Å². The molecule has 1 N–H and O–H groups in total. The Balaban J connectivity index is 1.63. The second kappa shape index (κ2) is 9.98. The number of halogens is 1. The van der Waals surface area contributed by atoms with E-state index in [0.29, 0.717) is 22.0 Å². The molecule has 0 atom stereocenters. The number of ether oxygens (including phenoxy) is 1. The van der Waals surface area contributed by atoms with E-state index in [-0.39, 0.29) is 17.3 Å². The zero-order valence-electron chi connectivity index (χ0n) is 17.9. The normalized spacial score (nSPS) is 15.0. The van der Waals surface area contributed by atoms with Crippen LogP contribution < -0.4 is 15.0 Å². The monoisotopic (exact) mass is 476 g/mol. The predicted molar refractivity (Wildman–Crippen MR) is 134 cm³/mol. The fraction of sp³-hybridized carbons (Fsp3) is 0.115. The lowest BCUT2D eigenvalue weighted by Gasteiger charge is -2.29. The van der Waals surface area contributed by atoms with Crippen LogP contribution in [-0.4, -0.2) is 16.9 Å². The maximum absolute atomic E-state index is 13.3. The Morgan fingerprint density at radius 2 is 1.70 bits per heavy atom. The average molecular weight is 477 g/mol. The lowest BCUT2D eigenvalue weighted by atomic mass is 10.1. The summed E-state index contributed by atoms with van der Waals surface area (Å²) in [4.78, 5) is 27.3. The van der Waals surface area contributed by atoms with Gasteiger partial charge in [0.2, 0.25) is 0 Å². The summed E-state index contributed by atoms with van der Waals surface area (Å²) in [6.45, 7) is 2.30. The van der Waals surface area contributed by atoms with Crippen molar-refractivity contribution in [1.29, 1.82) is 0 Å². The van der Waals surface area contributed by atoms with Gasteiger partial charge in [-0.3, -0.25) is 19.8 Å². The minimum absolute atomic E-state index is 0.0306. The maximum atomic E-state index is 13.3. The molecule has 0 unspecified atom stereocenters. The molecule has 0 saturated carbocycles. The van der Waals surface area contributed by atoms with Crippen molar-refractivity contribution in [2.45, 2.75) is 20.0 Å². The topological polar surface area (TPSA) is 58.6 Å². The molecule has 1 fully saturated rings. The minimum atomic E-state index is -0.549. The summed E-state index contributed by atoms with van der Waals surface area (Å²) in [5.74, 6) is -0.515. The predicted octanol–water partition coefficient (Wildman–Crippen LogP) is 5.31. The van der Waals surface area contributed by atoms with Crippen molar-refractivity contribution in [3.05, 3.63) is 100 Å². The number of hydrogen-bond donors (Lipinski definition) is 1. The third kappa shape index (κ3) is 4.97. The number of amides is 2. The first kappa shape index (κ1) is 22.7. The molecule has 0 bridgehead atoms. The number of benzene rings is 3. The molecule has 1 saturated heterocycles. The van der Waals surface area contributed by atoms with Gasteiger partial charge >= 0.3 is 0 Å². The van der Waals surface area contributed by atoms with Crippen LogP contribution >= 0.6 is 23.8 Å². The highest BCUT2D eigenvalue weighted by atomic mass is 35.5. The molecule has 3 aromatic rings. The quantitative estimate of drug-likeness (QED) is 0.297. The molecule has 0 aromatic heterocycles. The molecule has 2 amide bonds. The Hall–Kier alpha value is -3.48. The van der Waals surface area contributed by atoms with Gasteiger partial charge in [0.1, 0.15) is 17.9 Å². The Bertz CT molecular complexity index is 1250. The van der Waals surface area contributed by atoms with E-state index in [4.69, 9.17) is 28.6 Å². The van der Waals surface area contributed by atoms with E-state index in [1.807, 2.05) is 54.6 Å². The first-order chi connectivity index (χ1) is 16.0. The molecule has 5 nitrogen and oxygen atoms in total. The Kier molecular flexibility index (Phi) is 6.87. The van der Waals surface area contributed by atoms with Crippen LogP contribution in [0.2, 0.25) is 5.02 Å². The number of carbonyl (C=O) groups is 2. The van der Waals surface area contributed by atoms with E-state index in [2.05, 4.69) is 12.2 Å². The van der Waals surface area contributed by atoms with Gasteiger partial charge in [0.05, 0.1) is 5.69 Å². The summed E-state index contributed by atoms with van der Waals surface area (Å²) in [6, 6.07) is 22.1. The van der Waals surface area contributed by atoms with Gasteiger partial charge in [-0.25, -0.2) is 0 Å². The lowest BCUT2D eigenvalue weighted by Crippen LogP contribution is -2.54. The fourth-order valence-electron chi connectivity index (χ4n) is 3.43. The first-order valence-electron chi connectivity index (χ1n) is 10.4. The number of aryl methyl sites for hydroxylation is 1. The van der Waals surface area contributed by atoms with Crippen molar-refractivity contribution >= 4 is 52.5 Å². The SMILES string of the molecule is CCc1ccc(N2C(=O)/C(=C/c3ccccc3OCc3ccccc3Cl)C(=O)NC2=S)cc1. The smallest absolute Gasteiger partial charge is 0.270 e. The number of hydrogen-bond acceptors (Lipinski definition) is 4. The molecule has 7 heteroatoms. The Morgan fingerprint density at radius 3 is 2.42 bits per heavy atom. The molecule has 0 radical (unpaired) electrons. The second-order valence-electron chi connectivity index (χ2n) is 7.40. The third-order valence-corrected chi connectivity index (χ3v) is 5.92.